The molecule has 1 aromatic rings. The number of hydrogen-bond acceptors (Lipinski definition) is 5. The Balaban J connectivity index is 1.55. The van der Waals surface area contributed by atoms with Gasteiger partial charge < -0.3 is 5.32 Å². The first-order chi connectivity index (χ1) is 12.6. The van der Waals surface area contributed by atoms with Gasteiger partial charge in [-0.1, -0.05) is 43.5 Å². The fourth-order valence-electron chi connectivity index (χ4n) is 4.69. The van der Waals surface area contributed by atoms with Crippen LogP contribution in [0.1, 0.15) is 56.2 Å². The zero-order chi connectivity index (χ0) is 18.1. The van der Waals surface area contributed by atoms with E-state index in [1.807, 2.05) is 11.4 Å². The van der Waals surface area contributed by atoms with E-state index in [0.717, 1.165) is 68.0 Å². The van der Waals surface area contributed by atoms with Gasteiger partial charge in [0.1, 0.15) is 0 Å². The van der Waals surface area contributed by atoms with Gasteiger partial charge in [0.25, 0.3) is 5.24 Å². The standard InChI is InChI=1S/C19H24N2O3S2/c22-16-12-26-18(24)21(16)14-7-2-1-6-13(14)20-17(23)19(9-3-4-10-19)15-8-5-11-25-15/h5,8,11,13-14H,1-4,6-7,9-10,12H2,(H,20,23)/t13-,14-/m1/s1. The zero-order valence-corrected chi connectivity index (χ0v) is 16.4. The summed E-state index contributed by atoms with van der Waals surface area (Å²) in [4.78, 5) is 40.3. The van der Waals surface area contributed by atoms with Gasteiger partial charge in [-0.15, -0.1) is 11.3 Å². The van der Waals surface area contributed by atoms with Gasteiger partial charge in [0.05, 0.1) is 17.2 Å². The van der Waals surface area contributed by atoms with Crippen molar-refractivity contribution in [2.24, 2.45) is 0 Å². The van der Waals surface area contributed by atoms with E-state index in [1.165, 1.54) is 4.90 Å². The number of nitrogens with zero attached hydrogens (tertiary/aromatic N) is 1. The minimum atomic E-state index is -0.427. The number of thiophene rings is 1. The zero-order valence-electron chi connectivity index (χ0n) is 14.7. The minimum Gasteiger partial charge on any atom is -0.350 e. The molecule has 3 aliphatic rings. The molecule has 1 saturated heterocycles. The highest BCUT2D eigenvalue weighted by Crippen LogP contribution is 2.43. The highest BCUT2D eigenvalue weighted by molar-refractivity contribution is 8.14. The Morgan fingerprint density at radius 1 is 1.15 bits per heavy atom. The largest absolute Gasteiger partial charge is 0.350 e. The van der Waals surface area contributed by atoms with E-state index in [2.05, 4.69) is 11.4 Å². The van der Waals surface area contributed by atoms with E-state index in [9.17, 15) is 14.4 Å². The fraction of sp³-hybridized carbons (Fsp3) is 0.632. The summed E-state index contributed by atoms with van der Waals surface area (Å²) < 4.78 is 0. The van der Waals surface area contributed by atoms with Crippen molar-refractivity contribution in [1.29, 1.82) is 0 Å². The van der Waals surface area contributed by atoms with Crippen LogP contribution in [0.5, 0.6) is 0 Å². The maximum atomic E-state index is 13.4. The molecule has 2 aliphatic carbocycles. The number of carbonyl (C=O) groups excluding carboxylic acids is 3. The van der Waals surface area contributed by atoms with Crippen LogP contribution in [-0.2, 0) is 15.0 Å². The van der Waals surface area contributed by atoms with Crippen LogP contribution in [0.2, 0.25) is 0 Å². The minimum absolute atomic E-state index is 0.0843. The second-order valence-electron chi connectivity index (χ2n) is 7.52. The van der Waals surface area contributed by atoms with Gasteiger partial charge in [-0.3, -0.25) is 19.3 Å². The van der Waals surface area contributed by atoms with Crippen LogP contribution in [0, 0.1) is 0 Å². The Labute approximate surface area is 161 Å². The number of carbonyl (C=O) groups is 3. The summed E-state index contributed by atoms with van der Waals surface area (Å²) in [5, 5.41) is 5.15. The van der Waals surface area contributed by atoms with Crippen molar-refractivity contribution in [3.8, 4) is 0 Å². The summed E-state index contributed by atoms with van der Waals surface area (Å²) in [6.45, 7) is 0. The smallest absolute Gasteiger partial charge is 0.289 e. The van der Waals surface area contributed by atoms with E-state index in [0.29, 0.717) is 0 Å². The predicted octanol–water partition coefficient (Wildman–Crippen LogP) is 3.68. The van der Waals surface area contributed by atoms with E-state index in [4.69, 9.17) is 0 Å². The van der Waals surface area contributed by atoms with Crippen LogP contribution < -0.4 is 5.32 Å². The van der Waals surface area contributed by atoms with Crippen LogP contribution in [0.4, 0.5) is 4.79 Å². The second-order valence-corrected chi connectivity index (χ2v) is 9.39. The Kier molecular flexibility index (Phi) is 5.10. The monoisotopic (exact) mass is 392 g/mol. The SMILES string of the molecule is O=C1CSC(=O)N1[C@@H]1CCCC[C@H]1NC(=O)C1(c2cccs2)CCCC1. The number of amides is 3. The summed E-state index contributed by atoms with van der Waals surface area (Å²) in [5.74, 6) is 0.205. The van der Waals surface area contributed by atoms with Crippen molar-refractivity contribution in [1.82, 2.24) is 10.2 Å². The summed E-state index contributed by atoms with van der Waals surface area (Å²) in [7, 11) is 0. The molecule has 1 aliphatic heterocycles. The predicted molar refractivity (Wildman–Crippen MR) is 103 cm³/mol. The van der Waals surface area contributed by atoms with Gasteiger partial charge in [-0.05, 0) is 37.1 Å². The number of hydrogen-bond donors (Lipinski definition) is 1. The topological polar surface area (TPSA) is 66.5 Å². The average Bonchev–Trinajstić information content (AvgIpc) is 3.37. The molecule has 140 valence electrons. The molecule has 2 atom stereocenters. The van der Waals surface area contributed by atoms with Gasteiger partial charge in [0.2, 0.25) is 11.8 Å². The average molecular weight is 393 g/mol. The highest BCUT2D eigenvalue weighted by Gasteiger charge is 2.46. The number of imide groups is 1. The lowest BCUT2D eigenvalue weighted by Crippen LogP contribution is -2.57. The van der Waals surface area contributed by atoms with E-state index >= 15 is 0 Å². The Hall–Kier alpha value is -1.34. The van der Waals surface area contributed by atoms with Gasteiger partial charge in [-0.25, -0.2) is 0 Å². The van der Waals surface area contributed by atoms with Gasteiger partial charge in [-0.2, -0.15) is 0 Å². The molecule has 7 heteroatoms. The van der Waals surface area contributed by atoms with Crippen LogP contribution in [0.3, 0.4) is 0 Å². The van der Waals surface area contributed by atoms with Crippen LogP contribution in [0.25, 0.3) is 0 Å². The van der Waals surface area contributed by atoms with Crippen molar-refractivity contribution in [2.45, 2.75) is 68.9 Å². The molecule has 3 fully saturated rings. The molecule has 1 N–H and O–H groups in total. The maximum Gasteiger partial charge on any atom is 0.289 e. The summed E-state index contributed by atoms with van der Waals surface area (Å²) in [5.41, 5.74) is -0.427. The first kappa shape index (κ1) is 18.0. The summed E-state index contributed by atoms with van der Waals surface area (Å²) >= 11 is 2.73. The summed E-state index contributed by atoms with van der Waals surface area (Å²) in [6.07, 6.45) is 7.54. The van der Waals surface area contributed by atoms with E-state index in [-0.39, 0.29) is 34.9 Å². The Morgan fingerprint density at radius 3 is 2.58 bits per heavy atom. The molecule has 0 unspecified atom stereocenters. The molecule has 1 aromatic heterocycles. The molecular formula is C19H24N2O3S2. The molecule has 4 rings (SSSR count). The van der Waals surface area contributed by atoms with Crippen molar-refractivity contribution in [3.05, 3.63) is 22.4 Å². The van der Waals surface area contributed by atoms with Gasteiger partial charge >= 0.3 is 0 Å². The van der Waals surface area contributed by atoms with Crippen molar-refractivity contribution >= 4 is 40.2 Å². The normalized spacial score (nSPS) is 28.5. The highest BCUT2D eigenvalue weighted by atomic mass is 32.2. The van der Waals surface area contributed by atoms with E-state index in [1.54, 1.807) is 11.3 Å². The third kappa shape index (κ3) is 3.09. The summed E-state index contributed by atoms with van der Waals surface area (Å²) in [6, 6.07) is 3.76. The first-order valence-corrected chi connectivity index (χ1v) is 11.3. The fourth-order valence-corrected chi connectivity index (χ4v) is 6.44. The van der Waals surface area contributed by atoms with Crippen LogP contribution in [-0.4, -0.2) is 39.8 Å². The third-order valence-corrected chi connectivity index (χ3v) is 7.96. The Morgan fingerprint density at radius 2 is 1.92 bits per heavy atom. The number of nitrogens with one attached hydrogen (secondary N) is 1. The molecule has 0 spiro atoms. The van der Waals surface area contributed by atoms with Crippen molar-refractivity contribution < 1.29 is 14.4 Å². The quantitative estimate of drug-likeness (QED) is 0.849. The number of thioether (sulfide) groups is 1. The molecule has 26 heavy (non-hydrogen) atoms. The lowest BCUT2D eigenvalue weighted by atomic mass is 9.82. The molecule has 0 bridgehead atoms. The van der Waals surface area contributed by atoms with Gasteiger partial charge in [0.15, 0.2) is 0 Å². The molecule has 5 nitrogen and oxygen atoms in total. The molecule has 2 heterocycles. The van der Waals surface area contributed by atoms with Gasteiger partial charge in [0, 0.05) is 10.9 Å². The Bertz CT molecular complexity index is 682. The lowest BCUT2D eigenvalue weighted by Gasteiger charge is -2.39. The molecule has 0 aromatic carbocycles. The molecular weight excluding hydrogens is 368 g/mol. The second kappa shape index (κ2) is 7.35. The van der Waals surface area contributed by atoms with E-state index < -0.39 is 5.41 Å². The molecule has 2 saturated carbocycles. The van der Waals surface area contributed by atoms with Crippen molar-refractivity contribution in [2.75, 3.05) is 5.75 Å². The van der Waals surface area contributed by atoms with Crippen LogP contribution >= 0.6 is 23.1 Å². The first-order valence-electron chi connectivity index (χ1n) is 9.45. The maximum absolute atomic E-state index is 13.4. The van der Waals surface area contributed by atoms with Crippen molar-refractivity contribution in [3.63, 3.8) is 0 Å². The number of rotatable bonds is 4. The third-order valence-electron chi connectivity index (χ3n) is 6.05. The lowest BCUT2D eigenvalue weighted by molar-refractivity contribution is -0.131. The molecule has 0 radical (unpaired) electrons. The molecule has 3 amide bonds. The van der Waals surface area contributed by atoms with Crippen LogP contribution in [0.15, 0.2) is 17.5 Å².